The number of nitrogen functional groups attached to an aromatic ring is 1. The van der Waals surface area contributed by atoms with Crippen molar-refractivity contribution in [3.63, 3.8) is 0 Å². The van der Waals surface area contributed by atoms with Crippen LogP contribution in [-0.2, 0) is 0 Å². The van der Waals surface area contributed by atoms with Gasteiger partial charge in [-0.3, -0.25) is 0 Å². The van der Waals surface area contributed by atoms with Gasteiger partial charge in [-0.2, -0.15) is 15.0 Å². The summed E-state index contributed by atoms with van der Waals surface area (Å²) in [6, 6.07) is 0. The van der Waals surface area contributed by atoms with Gasteiger partial charge in [-0.15, -0.1) is 0 Å². The Balaban J connectivity index is 2.10. The van der Waals surface area contributed by atoms with Crippen LogP contribution < -0.4 is 16.0 Å². The van der Waals surface area contributed by atoms with Crippen molar-refractivity contribution in [3.8, 4) is 0 Å². The smallest absolute Gasteiger partial charge is 0.231 e. The number of rotatable bonds is 4. The van der Waals surface area contributed by atoms with Crippen LogP contribution in [0.2, 0.25) is 0 Å². The minimum Gasteiger partial charge on any atom is -0.368 e. The molecule has 1 aromatic rings. The van der Waals surface area contributed by atoms with Crippen LogP contribution in [0.1, 0.15) is 13.3 Å². The molecule has 0 radical (unpaired) electrons. The van der Waals surface area contributed by atoms with Gasteiger partial charge in [-0.1, -0.05) is 17.7 Å². The van der Waals surface area contributed by atoms with Gasteiger partial charge in [0.15, 0.2) is 0 Å². The summed E-state index contributed by atoms with van der Waals surface area (Å²) < 4.78 is 0. The molecular weight excluding hydrogens is 228 g/mol. The molecule has 1 heterocycles. The molecule has 0 unspecified atom stereocenters. The third kappa shape index (κ3) is 2.77. The molecule has 96 valence electrons. The number of nitrogens with one attached hydrogen (secondary N) is 1. The second-order valence-corrected chi connectivity index (χ2v) is 4.48. The zero-order valence-electron chi connectivity index (χ0n) is 10.9. The average Bonchev–Trinajstić information content (AvgIpc) is 2.71. The predicted octanol–water partition coefficient (Wildman–Crippen LogP) is 1.21. The summed E-state index contributed by atoms with van der Waals surface area (Å²) in [6.45, 7) is 2.84. The van der Waals surface area contributed by atoms with E-state index in [0.717, 1.165) is 6.42 Å². The van der Waals surface area contributed by atoms with Crippen molar-refractivity contribution in [2.24, 2.45) is 0 Å². The van der Waals surface area contributed by atoms with E-state index >= 15 is 0 Å². The predicted molar refractivity (Wildman–Crippen MR) is 73.5 cm³/mol. The first kappa shape index (κ1) is 12.3. The van der Waals surface area contributed by atoms with E-state index in [1.165, 1.54) is 11.1 Å². The van der Waals surface area contributed by atoms with E-state index in [4.69, 9.17) is 5.73 Å². The number of aromatic nitrogens is 3. The van der Waals surface area contributed by atoms with E-state index in [1.807, 2.05) is 14.1 Å². The molecule has 18 heavy (non-hydrogen) atoms. The number of nitrogens with zero attached hydrogens (tertiary/aromatic N) is 4. The highest BCUT2D eigenvalue weighted by atomic mass is 15.3. The van der Waals surface area contributed by atoms with Crippen LogP contribution in [0.3, 0.4) is 0 Å². The minimum absolute atomic E-state index is 0.226. The van der Waals surface area contributed by atoms with Gasteiger partial charge < -0.3 is 16.0 Å². The lowest BCUT2D eigenvalue weighted by Gasteiger charge is -2.12. The van der Waals surface area contributed by atoms with E-state index < -0.39 is 0 Å². The summed E-state index contributed by atoms with van der Waals surface area (Å²) in [5, 5.41) is 3.18. The average molecular weight is 246 g/mol. The van der Waals surface area contributed by atoms with Gasteiger partial charge in [0.05, 0.1) is 0 Å². The Labute approximate surface area is 107 Å². The van der Waals surface area contributed by atoms with Crippen LogP contribution in [0.15, 0.2) is 23.3 Å². The Bertz CT molecular complexity index is 503. The van der Waals surface area contributed by atoms with Crippen LogP contribution in [0, 0.1) is 0 Å². The fraction of sp³-hybridized carbons (Fsp3) is 0.417. The molecule has 0 amide bonds. The topological polar surface area (TPSA) is 80.0 Å². The van der Waals surface area contributed by atoms with Crippen LogP contribution in [0.25, 0.3) is 0 Å². The molecule has 0 saturated carbocycles. The Morgan fingerprint density at radius 1 is 1.33 bits per heavy atom. The normalized spacial score (nSPS) is 14.2. The van der Waals surface area contributed by atoms with Crippen molar-refractivity contribution >= 4 is 17.8 Å². The lowest BCUT2D eigenvalue weighted by atomic mass is 10.2. The SMILES string of the molecule is CC1=C(CNc2nc(N)nc(N(C)C)n2)C=CC1. The Kier molecular flexibility index (Phi) is 3.45. The molecule has 0 bridgehead atoms. The summed E-state index contributed by atoms with van der Waals surface area (Å²) in [5.74, 6) is 1.29. The number of hydrogen-bond donors (Lipinski definition) is 2. The van der Waals surface area contributed by atoms with Gasteiger partial charge in [-0.25, -0.2) is 0 Å². The maximum atomic E-state index is 5.65. The van der Waals surface area contributed by atoms with E-state index in [2.05, 4.69) is 39.3 Å². The standard InChI is InChI=1S/C12H18N6/c1-8-5-4-6-9(8)7-14-11-15-10(13)16-12(17-11)18(2)3/h4,6H,5,7H2,1-3H3,(H3,13,14,15,16,17). The second-order valence-electron chi connectivity index (χ2n) is 4.48. The van der Waals surface area contributed by atoms with Crippen LogP contribution >= 0.6 is 0 Å². The number of hydrogen-bond acceptors (Lipinski definition) is 6. The maximum Gasteiger partial charge on any atom is 0.231 e. The molecule has 6 heteroatoms. The molecule has 2 rings (SSSR count). The van der Waals surface area contributed by atoms with Gasteiger partial charge in [-0.05, 0) is 18.9 Å². The van der Waals surface area contributed by atoms with Gasteiger partial charge in [0, 0.05) is 20.6 Å². The summed E-state index contributed by atoms with van der Waals surface area (Å²) >= 11 is 0. The number of nitrogens with two attached hydrogens (primary N) is 1. The second kappa shape index (κ2) is 5.03. The van der Waals surface area contributed by atoms with E-state index in [0.29, 0.717) is 18.4 Å². The van der Waals surface area contributed by atoms with Gasteiger partial charge in [0.2, 0.25) is 17.8 Å². The third-order valence-electron chi connectivity index (χ3n) is 2.77. The minimum atomic E-state index is 0.226. The van der Waals surface area contributed by atoms with Crippen molar-refractivity contribution in [1.29, 1.82) is 0 Å². The third-order valence-corrected chi connectivity index (χ3v) is 2.77. The Morgan fingerprint density at radius 2 is 2.11 bits per heavy atom. The first-order valence-corrected chi connectivity index (χ1v) is 5.84. The fourth-order valence-corrected chi connectivity index (χ4v) is 1.70. The summed E-state index contributed by atoms with van der Waals surface area (Å²) in [6.07, 6.45) is 5.30. The maximum absolute atomic E-state index is 5.65. The molecule has 6 nitrogen and oxygen atoms in total. The van der Waals surface area contributed by atoms with Gasteiger partial charge >= 0.3 is 0 Å². The molecule has 1 aliphatic carbocycles. The van der Waals surface area contributed by atoms with Gasteiger partial charge in [0.25, 0.3) is 0 Å². The highest BCUT2D eigenvalue weighted by molar-refractivity contribution is 5.43. The molecule has 1 aliphatic rings. The highest BCUT2D eigenvalue weighted by Gasteiger charge is 2.08. The molecule has 0 saturated heterocycles. The summed E-state index contributed by atoms with van der Waals surface area (Å²) in [7, 11) is 3.73. The van der Waals surface area contributed by atoms with E-state index in [9.17, 15) is 0 Å². The van der Waals surface area contributed by atoms with Crippen molar-refractivity contribution in [3.05, 3.63) is 23.3 Å². The van der Waals surface area contributed by atoms with Crippen molar-refractivity contribution < 1.29 is 0 Å². The largest absolute Gasteiger partial charge is 0.368 e. The molecule has 0 spiro atoms. The van der Waals surface area contributed by atoms with Gasteiger partial charge in [0.1, 0.15) is 0 Å². The number of allylic oxidation sites excluding steroid dienone is 2. The quantitative estimate of drug-likeness (QED) is 0.831. The lowest BCUT2D eigenvalue weighted by Crippen LogP contribution is -2.17. The van der Waals surface area contributed by atoms with E-state index in [1.54, 1.807) is 4.90 Å². The van der Waals surface area contributed by atoms with Crippen molar-refractivity contribution in [2.75, 3.05) is 36.6 Å². The first-order chi connectivity index (χ1) is 8.56. The molecule has 3 N–H and O–H groups in total. The van der Waals surface area contributed by atoms with Crippen LogP contribution in [-0.4, -0.2) is 35.6 Å². The van der Waals surface area contributed by atoms with Crippen LogP contribution in [0.5, 0.6) is 0 Å². The fourth-order valence-electron chi connectivity index (χ4n) is 1.70. The van der Waals surface area contributed by atoms with Crippen molar-refractivity contribution in [1.82, 2.24) is 15.0 Å². The Morgan fingerprint density at radius 3 is 2.72 bits per heavy atom. The molecule has 0 aliphatic heterocycles. The lowest BCUT2D eigenvalue weighted by molar-refractivity contribution is 0.959. The monoisotopic (exact) mass is 246 g/mol. The molecule has 0 fully saturated rings. The van der Waals surface area contributed by atoms with Crippen LogP contribution in [0.4, 0.5) is 17.8 Å². The summed E-state index contributed by atoms with van der Waals surface area (Å²) in [4.78, 5) is 14.2. The summed E-state index contributed by atoms with van der Waals surface area (Å²) in [5.41, 5.74) is 8.30. The van der Waals surface area contributed by atoms with Crippen molar-refractivity contribution in [2.45, 2.75) is 13.3 Å². The molecular formula is C12H18N6. The molecule has 0 atom stereocenters. The molecule has 0 aromatic carbocycles. The Hall–Kier alpha value is -2.11. The number of anilines is 3. The molecule has 1 aromatic heterocycles. The first-order valence-electron chi connectivity index (χ1n) is 5.84. The zero-order chi connectivity index (χ0) is 13.1. The zero-order valence-corrected chi connectivity index (χ0v) is 10.9. The highest BCUT2D eigenvalue weighted by Crippen LogP contribution is 2.18. The van der Waals surface area contributed by atoms with E-state index in [-0.39, 0.29) is 5.95 Å².